The molecule has 0 saturated carbocycles. The Morgan fingerprint density at radius 1 is 1.59 bits per heavy atom. The molecule has 1 heterocycles. The topological polar surface area (TPSA) is 46.3 Å². The van der Waals surface area contributed by atoms with E-state index in [0.29, 0.717) is 0 Å². The molecule has 1 unspecified atom stereocenters. The van der Waals surface area contributed by atoms with E-state index in [1.807, 2.05) is 4.90 Å². The van der Waals surface area contributed by atoms with Crippen molar-refractivity contribution < 1.29 is 9.18 Å². The maximum Gasteiger partial charge on any atom is 0.256 e. The Labute approximate surface area is 100 Å². The Morgan fingerprint density at radius 3 is 3.06 bits per heavy atom. The van der Waals surface area contributed by atoms with E-state index in [9.17, 15) is 9.18 Å². The molecule has 2 rings (SSSR count). The number of nitrogens with zero attached hydrogens (tertiary/aromatic N) is 1. The number of likely N-dealkylation sites (tertiary alicyclic amines) is 1. The van der Waals surface area contributed by atoms with Gasteiger partial charge < -0.3 is 10.6 Å². The van der Waals surface area contributed by atoms with E-state index in [2.05, 4.69) is 6.92 Å². The lowest BCUT2D eigenvalue weighted by molar-refractivity contribution is 0.0734. The van der Waals surface area contributed by atoms with Gasteiger partial charge in [0.2, 0.25) is 0 Å². The van der Waals surface area contributed by atoms with Crippen molar-refractivity contribution in [3.8, 4) is 0 Å². The minimum Gasteiger partial charge on any atom is -0.396 e. The number of hydrogen-bond acceptors (Lipinski definition) is 2. The number of nitrogens with two attached hydrogens (primary N) is 1. The highest BCUT2D eigenvalue weighted by atomic mass is 19.1. The van der Waals surface area contributed by atoms with Crippen LogP contribution in [0.1, 0.15) is 36.5 Å². The molecule has 0 spiro atoms. The van der Waals surface area contributed by atoms with Gasteiger partial charge in [-0.2, -0.15) is 0 Å². The first-order valence-electron chi connectivity index (χ1n) is 6.00. The normalized spacial score (nSPS) is 19.6. The van der Waals surface area contributed by atoms with Crippen LogP contribution in [0.2, 0.25) is 0 Å². The lowest BCUT2D eigenvalue weighted by Gasteiger charge is -2.24. The predicted molar refractivity (Wildman–Crippen MR) is 65.2 cm³/mol. The van der Waals surface area contributed by atoms with E-state index in [0.717, 1.165) is 25.8 Å². The molecular formula is C13H17FN2O. The zero-order valence-corrected chi connectivity index (χ0v) is 9.95. The summed E-state index contributed by atoms with van der Waals surface area (Å²) in [5.74, 6) is -0.672. The Kier molecular flexibility index (Phi) is 3.31. The van der Waals surface area contributed by atoms with Crippen molar-refractivity contribution in [2.75, 3.05) is 12.3 Å². The van der Waals surface area contributed by atoms with Gasteiger partial charge in [0, 0.05) is 12.6 Å². The molecule has 0 bridgehead atoms. The van der Waals surface area contributed by atoms with E-state index >= 15 is 0 Å². The number of anilines is 1. The van der Waals surface area contributed by atoms with Gasteiger partial charge in [-0.25, -0.2) is 4.39 Å². The van der Waals surface area contributed by atoms with Crippen molar-refractivity contribution in [3.05, 3.63) is 29.6 Å². The smallest absolute Gasteiger partial charge is 0.256 e. The third-order valence-electron chi connectivity index (χ3n) is 3.39. The summed E-state index contributed by atoms with van der Waals surface area (Å²) in [6.45, 7) is 2.80. The summed E-state index contributed by atoms with van der Waals surface area (Å²) < 4.78 is 13.3. The second-order valence-electron chi connectivity index (χ2n) is 4.40. The lowest BCUT2D eigenvalue weighted by atomic mass is 10.1. The fraction of sp³-hybridized carbons (Fsp3) is 0.462. The first kappa shape index (κ1) is 11.9. The van der Waals surface area contributed by atoms with Crippen LogP contribution >= 0.6 is 0 Å². The SMILES string of the molecule is CCC1CCCN1C(=O)c1cccc(F)c1N. The number of carbonyl (C=O) groups is 1. The standard InChI is InChI=1S/C13H17FN2O/c1-2-9-5-4-8-16(9)13(17)10-6-3-7-11(14)12(10)15/h3,6-7,9H,2,4-5,8,15H2,1H3. The number of para-hydroxylation sites is 1. The van der Waals surface area contributed by atoms with E-state index in [1.165, 1.54) is 12.1 Å². The number of benzene rings is 1. The van der Waals surface area contributed by atoms with Gasteiger partial charge in [0.05, 0.1) is 11.3 Å². The van der Waals surface area contributed by atoms with E-state index in [4.69, 9.17) is 5.73 Å². The van der Waals surface area contributed by atoms with Crippen molar-refractivity contribution in [3.63, 3.8) is 0 Å². The molecule has 1 aromatic carbocycles. The van der Waals surface area contributed by atoms with Gasteiger partial charge in [-0.3, -0.25) is 4.79 Å². The van der Waals surface area contributed by atoms with Gasteiger partial charge in [0.25, 0.3) is 5.91 Å². The van der Waals surface area contributed by atoms with Crippen LogP contribution in [0.15, 0.2) is 18.2 Å². The van der Waals surface area contributed by atoms with Crippen molar-refractivity contribution >= 4 is 11.6 Å². The monoisotopic (exact) mass is 236 g/mol. The summed E-state index contributed by atoms with van der Waals surface area (Å²) >= 11 is 0. The van der Waals surface area contributed by atoms with Gasteiger partial charge in [-0.05, 0) is 31.4 Å². The summed E-state index contributed by atoms with van der Waals surface area (Å²) in [6.07, 6.45) is 2.97. The quantitative estimate of drug-likeness (QED) is 0.801. The molecule has 1 amide bonds. The van der Waals surface area contributed by atoms with E-state index in [-0.39, 0.29) is 23.2 Å². The van der Waals surface area contributed by atoms with Crippen molar-refractivity contribution in [1.82, 2.24) is 4.90 Å². The molecule has 0 aromatic heterocycles. The van der Waals surface area contributed by atoms with E-state index < -0.39 is 5.82 Å². The first-order chi connectivity index (χ1) is 8.15. The predicted octanol–water partition coefficient (Wildman–Crippen LogP) is 2.42. The second kappa shape index (κ2) is 4.73. The highest BCUT2D eigenvalue weighted by Gasteiger charge is 2.29. The fourth-order valence-electron chi connectivity index (χ4n) is 2.41. The Bertz CT molecular complexity index is 433. The molecule has 1 saturated heterocycles. The van der Waals surface area contributed by atoms with Gasteiger partial charge in [0.1, 0.15) is 5.82 Å². The van der Waals surface area contributed by atoms with Gasteiger partial charge in [-0.15, -0.1) is 0 Å². The number of nitrogen functional groups attached to an aromatic ring is 1. The summed E-state index contributed by atoms with van der Waals surface area (Å²) in [5, 5.41) is 0. The lowest BCUT2D eigenvalue weighted by Crippen LogP contribution is -2.35. The van der Waals surface area contributed by atoms with Crippen LogP contribution in [0.25, 0.3) is 0 Å². The number of halogens is 1. The fourth-order valence-corrected chi connectivity index (χ4v) is 2.41. The average Bonchev–Trinajstić information content (AvgIpc) is 2.80. The minimum atomic E-state index is -0.525. The van der Waals surface area contributed by atoms with Crippen molar-refractivity contribution in [2.45, 2.75) is 32.2 Å². The third-order valence-corrected chi connectivity index (χ3v) is 3.39. The van der Waals surface area contributed by atoms with Gasteiger partial charge in [-0.1, -0.05) is 13.0 Å². The Hall–Kier alpha value is -1.58. The molecule has 2 N–H and O–H groups in total. The highest BCUT2D eigenvalue weighted by Crippen LogP contribution is 2.25. The molecule has 17 heavy (non-hydrogen) atoms. The van der Waals surface area contributed by atoms with Crippen LogP contribution in [0.4, 0.5) is 10.1 Å². The van der Waals surface area contributed by atoms with Crippen LogP contribution in [-0.4, -0.2) is 23.4 Å². The molecule has 1 aliphatic rings. The summed E-state index contributed by atoms with van der Waals surface area (Å²) in [5.41, 5.74) is 5.86. The van der Waals surface area contributed by atoms with Crippen LogP contribution in [-0.2, 0) is 0 Å². The summed E-state index contributed by atoms with van der Waals surface area (Å²) in [7, 11) is 0. The molecule has 0 aliphatic carbocycles. The molecular weight excluding hydrogens is 219 g/mol. The van der Waals surface area contributed by atoms with Crippen LogP contribution in [0.5, 0.6) is 0 Å². The van der Waals surface area contributed by atoms with Gasteiger partial charge in [0.15, 0.2) is 0 Å². The van der Waals surface area contributed by atoms with Crippen molar-refractivity contribution in [1.29, 1.82) is 0 Å². The minimum absolute atomic E-state index is 0.0424. The average molecular weight is 236 g/mol. The van der Waals surface area contributed by atoms with Gasteiger partial charge >= 0.3 is 0 Å². The molecule has 1 aromatic rings. The molecule has 0 radical (unpaired) electrons. The molecule has 1 fully saturated rings. The highest BCUT2D eigenvalue weighted by molar-refractivity contribution is 5.99. The largest absolute Gasteiger partial charge is 0.396 e. The Morgan fingerprint density at radius 2 is 2.35 bits per heavy atom. The number of rotatable bonds is 2. The number of hydrogen-bond donors (Lipinski definition) is 1. The zero-order valence-electron chi connectivity index (χ0n) is 9.95. The van der Waals surface area contributed by atoms with Crippen molar-refractivity contribution in [2.24, 2.45) is 0 Å². The molecule has 1 atom stereocenters. The number of carbonyl (C=O) groups excluding carboxylic acids is 1. The number of amides is 1. The maximum absolute atomic E-state index is 13.3. The maximum atomic E-state index is 13.3. The second-order valence-corrected chi connectivity index (χ2v) is 4.40. The van der Waals surface area contributed by atoms with E-state index in [1.54, 1.807) is 6.07 Å². The Balaban J connectivity index is 2.28. The molecule has 4 heteroatoms. The summed E-state index contributed by atoms with van der Waals surface area (Å²) in [6, 6.07) is 4.65. The van der Waals surface area contributed by atoms with Crippen LogP contribution in [0.3, 0.4) is 0 Å². The zero-order chi connectivity index (χ0) is 12.4. The van der Waals surface area contributed by atoms with Crippen LogP contribution < -0.4 is 5.73 Å². The molecule has 1 aliphatic heterocycles. The third kappa shape index (κ3) is 2.12. The first-order valence-corrected chi connectivity index (χ1v) is 6.00. The molecule has 92 valence electrons. The summed E-state index contributed by atoms with van der Waals surface area (Å²) in [4.78, 5) is 14.1. The molecule has 3 nitrogen and oxygen atoms in total. The van der Waals surface area contributed by atoms with Crippen LogP contribution in [0, 0.1) is 5.82 Å².